The molecular formula is C20H19ClN4O3S. The van der Waals surface area contributed by atoms with Crippen LogP contribution in [0.4, 0.5) is 5.69 Å². The normalized spacial score (nSPS) is 17.3. The Morgan fingerprint density at radius 3 is 2.48 bits per heavy atom. The smallest absolute Gasteiger partial charge is 0.250 e. The molecule has 0 radical (unpaired) electrons. The van der Waals surface area contributed by atoms with E-state index in [4.69, 9.17) is 21.7 Å². The van der Waals surface area contributed by atoms with Crippen LogP contribution in [0, 0.1) is 5.41 Å². The van der Waals surface area contributed by atoms with Gasteiger partial charge in [0.15, 0.2) is 5.17 Å². The molecule has 150 valence electrons. The largest absolute Gasteiger partial charge is 0.497 e. The van der Waals surface area contributed by atoms with E-state index in [0.717, 1.165) is 22.3 Å². The van der Waals surface area contributed by atoms with Crippen LogP contribution in [0.3, 0.4) is 0 Å². The zero-order chi connectivity index (χ0) is 21.0. The molecule has 7 nitrogen and oxygen atoms in total. The summed E-state index contributed by atoms with van der Waals surface area (Å²) in [5.74, 6) is -0.0650. The number of hydrogen-bond donors (Lipinski definition) is 2. The maximum atomic E-state index is 12.5. The third kappa shape index (κ3) is 5.16. The van der Waals surface area contributed by atoms with Crippen LogP contribution in [-0.2, 0) is 9.59 Å². The summed E-state index contributed by atoms with van der Waals surface area (Å²) in [6, 6.07) is 13.9. The van der Waals surface area contributed by atoms with Crippen LogP contribution in [0.2, 0.25) is 5.02 Å². The fourth-order valence-electron chi connectivity index (χ4n) is 2.63. The van der Waals surface area contributed by atoms with E-state index in [1.54, 1.807) is 62.6 Å². The minimum absolute atomic E-state index is 0.0492. The van der Waals surface area contributed by atoms with Gasteiger partial charge in [0.2, 0.25) is 5.91 Å². The highest BCUT2D eigenvalue weighted by Crippen LogP contribution is 2.28. The van der Waals surface area contributed by atoms with Gasteiger partial charge in [-0.05, 0) is 48.9 Å². The lowest BCUT2D eigenvalue weighted by atomic mass is 10.1. The summed E-state index contributed by atoms with van der Waals surface area (Å²) in [5, 5.41) is 16.0. The van der Waals surface area contributed by atoms with Crippen molar-refractivity contribution in [2.45, 2.75) is 18.6 Å². The van der Waals surface area contributed by atoms with Crippen molar-refractivity contribution < 1.29 is 14.3 Å². The number of hydrogen-bond acceptors (Lipinski definition) is 6. The highest BCUT2D eigenvalue weighted by molar-refractivity contribution is 8.14. The molecule has 1 aliphatic rings. The van der Waals surface area contributed by atoms with Crippen LogP contribution < -0.4 is 10.1 Å². The van der Waals surface area contributed by atoms with E-state index in [9.17, 15) is 9.59 Å². The van der Waals surface area contributed by atoms with Crippen molar-refractivity contribution in [3.8, 4) is 5.75 Å². The fraction of sp³-hybridized carbons (Fsp3) is 0.200. The number of amidine groups is 1. The molecule has 29 heavy (non-hydrogen) atoms. The van der Waals surface area contributed by atoms with E-state index in [1.807, 2.05) is 0 Å². The predicted octanol–water partition coefficient (Wildman–Crippen LogP) is 3.98. The van der Waals surface area contributed by atoms with Gasteiger partial charge in [0, 0.05) is 10.7 Å². The van der Waals surface area contributed by atoms with Crippen LogP contribution in [0.1, 0.15) is 18.9 Å². The first-order chi connectivity index (χ1) is 13.9. The lowest BCUT2D eigenvalue weighted by Gasteiger charge is -2.27. The molecule has 0 saturated carbocycles. The summed E-state index contributed by atoms with van der Waals surface area (Å²) in [6.45, 7) is 1.75. The molecule has 1 fully saturated rings. The highest BCUT2D eigenvalue weighted by Gasteiger charge is 2.35. The molecular weight excluding hydrogens is 412 g/mol. The third-order valence-corrected chi connectivity index (χ3v) is 5.52. The van der Waals surface area contributed by atoms with Gasteiger partial charge >= 0.3 is 0 Å². The molecule has 0 aromatic heterocycles. The number of carbonyl (C=O) groups excluding carboxylic acids is 2. The monoisotopic (exact) mass is 430 g/mol. The number of nitrogens with one attached hydrogen (secondary N) is 2. The number of amides is 2. The standard InChI is InChI=1S/C20H19ClN4O3S/c1-12(13-3-5-14(21)6-4-13)24-25-18(26)11-17(29-20(25)22)19(27)23-15-7-9-16(28-2)10-8-15/h3-10,17,22H,11H2,1-2H3,(H,23,27)/b22-20?,24-12-/t17-/m0/s1. The first kappa shape index (κ1) is 20.9. The van der Waals surface area contributed by atoms with E-state index in [1.165, 1.54) is 0 Å². The van der Waals surface area contributed by atoms with Crippen LogP contribution in [0.25, 0.3) is 0 Å². The second kappa shape index (κ2) is 9.11. The Morgan fingerprint density at radius 2 is 1.90 bits per heavy atom. The lowest BCUT2D eigenvalue weighted by molar-refractivity contribution is -0.129. The Balaban J connectivity index is 1.66. The molecule has 1 aliphatic heterocycles. The zero-order valence-electron chi connectivity index (χ0n) is 15.8. The lowest BCUT2D eigenvalue weighted by Crippen LogP contribution is -2.42. The van der Waals surface area contributed by atoms with E-state index in [0.29, 0.717) is 22.2 Å². The minimum atomic E-state index is -0.695. The van der Waals surface area contributed by atoms with Crippen LogP contribution in [0.15, 0.2) is 53.6 Å². The van der Waals surface area contributed by atoms with Gasteiger partial charge in [-0.1, -0.05) is 35.5 Å². The number of benzene rings is 2. The SMILES string of the molecule is COc1ccc(NC(=O)[C@@H]2CC(=O)N(/N=C(/C)c3ccc(Cl)cc3)C(=N)S2)cc1. The zero-order valence-corrected chi connectivity index (χ0v) is 17.4. The molecule has 1 heterocycles. The Kier molecular flexibility index (Phi) is 6.56. The molecule has 1 saturated heterocycles. The Bertz CT molecular complexity index is 943. The maximum Gasteiger partial charge on any atom is 0.250 e. The topological polar surface area (TPSA) is 94.8 Å². The summed E-state index contributed by atoms with van der Waals surface area (Å²) in [4.78, 5) is 25.0. The molecule has 0 spiro atoms. The second-order valence-corrected chi connectivity index (χ2v) is 7.86. The molecule has 2 aromatic carbocycles. The van der Waals surface area contributed by atoms with Gasteiger partial charge in [-0.2, -0.15) is 10.1 Å². The molecule has 3 rings (SSSR count). The summed E-state index contributed by atoms with van der Waals surface area (Å²) in [6.07, 6.45) is -0.0492. The summed E-state index contributed by atoms with van der Waals surface area (Å²) < 4.78 is 5.09. The Morgan fingerprint density at radius 1 is 1.24 bits per heavy atom. The van der Waals surface area contributed by atoms with E-state index >= 15 is 0 Å². The molecule has 2 amide bonds. The number of rotatable bonds is 5. The first-order valence-electron chi connectivity index (χ1n) is 8.71. The van der Waals surface area contributed by atoms with Gasteiger partial charge in [0.25, 0.3) is 5.91 Å². The van der Waals surface area contributed by atoms with Gasteiger partial charge in [0.05, 0.1) is 19.2 Å². The molecule has 1 atom stereocenters. The third-order valence-electron chi connectivity index (χ3n) is 4.20. The summed E-state index contributed by atoms with van der Waals surface area (Å²) >= 11 is 6.88. The van der Waals surface area contributed by atoms with Crippen molar-refractivity contribution in [3.63, 3.8) is 0 Å². The van der Waals surface area contributed by atoms with E-state index in [-0.39, 0.29) is 17.5 Å². The number of ether oxygens (including phenoxy) is 1. The fourth-order valence-corrected chi connectivity index (χ4v) is 3.66. The number of thioether (sulfide) groups is 1. The van der Waals surface area contributed by atoms with E-state index < -0.39 is 11.2 Å². The van der Waals surface area contributed by atoms with Crippen molar-refractivity contribution in [1.82, 2.24) is 5.01 Å². The number of methoxy groups -OCH3 is 1. The van der Waals surface area contributed by atoms with Crippen LogP contribution in [0.5, 0.6) is 5.75 Å². The van der Waals surface area contributed by atoms with E-state index in [2.05, 4.69) is 10.4 Å². The molecule has 2 aromatic rings. The van der Waals surface area contributed by atoms with Gasteiger partial charge in [-0.3, -0.25) is 15.0 Å². The number of halogens is 1. The predicted molar refractivity (Wildman–Crippen MR) is 116 cm³/mol. The van der Waals surface area contributed by atoms with Crippen LogP contribution in [-0.4, -0.2) is 40.1 Å². The van der Waals surface area contributed by atoms with Gasteiger partial charge in [-0.15, -0.1) is 0 Å². The minimum Gasteiger partial charge on any atom is -0.497 e. The number of hydrazone groups is 1. The number of anilines is 1. The van der Waals surface area contributed by atoms with Gasteiger partial charge < -0.3 is 10.1 Å². The summed E-state index contributed by atoms with van der Waals surface area (Å²) in [5.41, 5.74) is 1.95. The van der Waals surface area contributed by atoms with Gasteiger partial charge in [0.1, 0.15) is 11.0 Å². The highest BCUT2D eigenvalue weighted by atomic mass is 35.5. The molecule has 9 heteroatoms. The average Bonchev–Trinajstić information content (AvgIpc) is 2.71. The molecule has 2 N–H and O–H groups in total. The quantitative estimate of drug-likeness (QED) is 0.701. The number of carbonyl (C=O) groups is 2. The van der Waals surface area contributed by atoms with Crippen molar-refractivity contribution in [1.29, 1.82) is 5.41 Å². The summed E-state index contributed by atoms with van der Waals surface area (Å²) in [7, 11) is 1.56. The van der Waals surface area contributed by atoms with Crippen LogP contribution >= 0.6 is 23.4 Å². The van der Waals surface area contributed by atoms with Crippen molar-refractivity contribution in [3.05, 3.63) is 59.1 Å². The number of nitrogens with zero attached hydrogens (tertiary/aromatic N) is 2. The Hall–Kier alpha value is -2.84. The van der Waals surface area contributed by atoms with Crippen molar-refractivity contribution in [2.24, 2.45) is 5.10 Å². The molecule has 0 unspecified atom stereocenters. The maximum absolute atomic E-state index is 12.5. The average molecular weight is 431 g/mol. The first-order valence-corrected chi connectivity index (χ1v) is 9.97. The molecule has 0 bridgehead atoms. The second-order valence-electron chi connectivity index (χ2n) is 6.23. The van der Waals surface area contributed by atoms with Crippen molar-refractivity contribution in [2.75, 3.05) is 12.4 Å². The Labute approximate surface area is 177 Å². The van der Waals surface area contributed by atoms with Gasteiger partial charge in [-0.25, -0.2) is 0 Å². The van der Waals surface area contributed by atoms with Crippen molar-refractivity contribution >= 4 is 51.7 Å². The molecule has 0 aliphatic carbocycles.